The molecule has 5 heavy (non-hydrogen) atoms. The molecule has 0 aromatic rings. The van der Waals surface area contributed by atoms with Crippen LogP contribution in [0.15, 0.2) is 4.90 Å². The van der Waals surface area contributed by atoms with E-state index in [0.717, 1.165) is 0 Å². The molecule has 0 saturated heterocycles. The Kier molecular flexibility index (Phi) is 3.06. The zero-order chi connectivity index (χ0) is 4.12. The van der Waals surface area contributed by atoms with Gasteiger partial charge in [0.05, 0.1) is 0 Å². The zero-order valence-corrected chi connectivity index (χ0v) is 3.06. The van der Waals surface area contributed by atoms with E-state index in [0.29, 0.717) is 7.41 Å². The Bertz CT molecular complexity index is 56.7. The Labute approximate surface area is 31.2 Å². The van der Waals surface area contributed by atoms with Crippen LogP contribution in [0.4, 0.5) is 0 Å². The van der Waals surface area contributed by atoms with E-state index in [1.165, 1.54) is 6.08 Å². The van der Waals surface area contributed by atoms with Gasteiger partial charge in [0, 0.05) is 0 Å². The second-order valence-electron chi connectivity index (χ2n) is 0.566. The minimum Gasteiger partial charge on any atom is -0.274 e. The van der Waals surface area contributed by atoms with Gasteiger partial charge in [-0.25, -0.2) is 4.79 Å². The summed E-state index contributed by atoms with van der Waals surface area (Å²) in [5.41, 5.74) is 0. The highest BCUT2D eigenvalue weighted by atomic mass is 16.1. The lowest BCUT2D eigenvalue weighted by Crippen LogP contribution is -1.65. The molecule has 0 aromatic heterocycles. The van der Waals surface area contributed by atoms with Crippen molar-refractivity contribution in [1.82, 2.24) is 0 Å². The van der Waals surface area contributed by atoms with Crippen molar-refractivity contribution in [2.24, 2.45) is 4.90 Å². The van der Waals surface area contributed by atoms with Crippen molar-refractivity contribution in [3.63, 3.8) is 0 Å². The van der Waals surface area contributed by atoms with Crippen LogP contribution in [-0.2, 0) is 4.79 Å². The summed E-state index contributed by atoms with van der Waals surface area (Å²) in [6.45, 7) is 1.78. The fraction of sp³-hybridized carbons (Fsp3) is 0.500. The lowest BCUT2D eigenvalue weighted by Gasteiger charge is -1.53. The molecule has 3 heteroatoms. The highest BCUT2D eigenvalue weighted by Crippen LogP contribution is 1.48. The monoisotopic (exact) mass is 69.0 g/mol. The minimum atomic E-state index is 0.545. The molecule has 0 saturated carbocycles. The quantitative estimate of drug-likeness (QED) is 0.236. The topological polar surface area (TPSA) is 29.4 Å². The molecule has 0 aliphatic heterocycles. The normalized spacial score (nSPS) is 5.00. The van der Waals surface area contributed by atoms with Gasteiger partial charge in [-0.05, 0) is 0 Å². The molecule has 26 valence electrons. The van der Waals surface area contributed by atoms with E-state index < -0.39 is 0 Å². The third-order valence-electron chi connectivity index (χ3n) is 0.223. The first-order valence-corrected chi connectivity index (χ1v) is 1.45. The highest BCUT2D eigenvalue weighted by molar-refractivity contribution is 6.32. The molecule has 0 bridgehead atoms. The van der Waals surface area contributed by atoms with Crippen LogP contribution >= 0.6 is 0 Å². The summed E-state index contributed by atoms with van der Waals surface area (Å²) < 4.78 is 0. The summed E-state index contributed by atoms with van der Waals surface area (Å²) in [5.74, 6) is 0. The van der Waals surface area contributed by atoms with Gasteiger partial charge in [-0.2, -0.15) is 0 Å². The minimum absolute atomic E-state index is 0.545. The van der Waals surface area contributed by atoms with Gasteiger partial charge in [0.2, 0.25) is 6.08 Å². The van der Waals surface area contributed by atoms with E-state index in [1.54, 1.807) is 6.82 Å². The number of carbonyl (C=O) groups excluding carboxylic acids is 1. The molecule has 0 unspecified atom stereocenters. The molecule has 0 aliphatic carbocycles. The Morgan fingerprint density at radius 2 is 2.60 bits per heavy atom. The maximum absolute atomic E-state index is 9.11. The van der Waals surface area contributed by atoms with Gasteiger partial charge in [0.25, 0.3) is 7.41 Å². The Balaban J connectivity index is 2.93. The summed E-state index contributed by atoms with van der Waals surface area (Å²) in [4.78, 5) is 12.3. The molecule has 0 atom stereocenters. The van der Waals surface area contributed by atoms with Crippen molar-refractivity contribution in [1.29, 1.82) is 0 Å². The summed E-state index contributed by atoms with van der Waals surface area (Å²) >= 11 is 0. The first-order valence-electron chi connectivity index (χ1n) is 1.45. The van der Waals surface area contributed by atoms with Gasteiger partial charge in [-0.3, -0.25) is 4.90 Å². The maximum Gasteiger partial charge on any atom is 0.275 e. The van der Waals surface area contributed by atoms with Crippen molar-refractivity contribution in [3.05, 3.63) is 0 Å². The third-order valence-corrected chi connectivity index (χ3v) is 0.223. The molecule has 0 rings (SSSR count). The fourth-order valence-corrected chi connectivity index (χ4v) is 0.0645. The Hall–Kier alpha value is -0.555. The van der Waals surface area contributed by atoms with Crippen molar-refractivity contribution in [2.75, 3.05) is 0 Å². The SMILES string of the molecule is CBN=C=O. The highest BCUT2D eigenvalue weighted by Gasteiger charge is 1.59. The van der Waals surface area contributed by atoms with E-state index in [4.69, 9.17) is 4.79 Å². The third kappa shape index (κ3) is 3.44. The van der Waals surface area contributed by atoms with Gasteiger partial charge in [0.15, 0.2) is 0 Å². The molecular formula is C2H4BNO. The molecule has 0 fully saturated rings. The maximum atomic E-state index is 9.11. The predicted molar refractivity (Wildman–Crippen MR) is 21.1 cm³/mol. The molecule has 0 radical (unpaired) electrons. The molecule has 0 N–H and O–H groups in total. The van der Waals surface area contributed by atoms with Crippen molar-refractivity contribution < 1.29 is 4.79 Å². The Morgan fingerprint density at radius 3 is 2.60 bits per heavy atom. The van der Waals surface area contributed by atoms with E-state index in [-0.39, 0.29) is 0 Å². The zero-order valence-electron chi connectivity index (χ0n) is 3.06. The second kappa shape index (κ2) is 3.44. The van der Waals surface area contributed by atoms with Crippen LogP contribution in [0.2, 0.25) is 6.82 Å². The van der Waals surface area contributed by atoms with Crippen molar-refractivity contribution in [3.8, 4) is 0 Å². The largest absolute Gasteiger partial charge is 0.275 e. The van der Waals surface area contributed by atoms with Gasteiger partial charge in [-0.15, -0.1) is 0 Å². The van der Waals surface area contributed by atoms with E-state index in [1.807, 2.05) is 0 Å². The summed E-state index contributed by atoms with van der Waals surface area (Å²) in [7, 11) is 0.545. The van der Waals surface area contributed by atoms with Gasteiger partial charge < -0.3 is 0 Å². The van der Waals surface area contributed by atoms with Gasteiger partial charge >= 0.3 is 0 Å². The average Bonchev–Trinajstić information content (AvgIpc) is 1.41. The molecule has 0 amide bonds. The van der Waals surface area contributed by atoms with Crippen LogP contribution in [0.1, 0.15) is 0 Å². The summed E-state index contributed by atoms with van der Waals surface area (Å²) in [6.07, 6.45) is 1.39. The van der Waals surface area contributed by atoms with Crippen molar-refractivity contribution in [2.45, 2.75) is 6.82 Å². The number of rotatable bonds is 1. The number of nitrogens with zero attached hydrogens (tertiary/aromatic N) is 1. The number of hydrogen-bond acceptors (Lipinski definition) is 2. The van der Waals surface area contributed by atoms with Crippen LogP contribution in [0.25, 0.3) is 0 Å². The summed E-state index contributed by atoms with van der Waals surface area (Å²) in [6, 6.07) is 0. The molecular weight excluding hydrogens is 64.8 g/mol. The van der Waals surface area contributed by atoms with Crippen LogP contribution < -0.4 is 0 Å². The number of isocyanates is 1. The molecule has 0 aromatic carbocycles. The van der Waals surface area contributed by atoms with Crippen LogP contribution in [-0.4, -0.2) is 13.5 Å². The molecule has 0 spiro atoms. The van der Waals surface area contributed by atoms with Crippen LogP contribution in [0.3, 0.4) is 0 Å². The standard InChI is InChI=1S/C2H4BNO/c1-3-4-2-5/h3H,1H3. The fourth-order valence-electron chi connectivity index (χ4n) is 0.0645. The number of hydrogen-bond donors (Lipinski definition) is 0. The average molecular weight is 68.9 g/mol. The molecule has 2 nitrogen and oxygen atoms in total. The first-order chi connectivity index (χ1) is 2.41. The second-order valence-corrected chi connectivity index (χ2v) is 0.566. The van der Waals surface area contributed by atoms with Crippen LogP contribution in [0, 0.1) is 0 Å². The van der Waals surface area contributed by atoms with Crippen LogP contribution in [0.5, 0.6) is 0 Å². The van der Waals surface area contributed by atoms with Gasteiger partial charge in [0.1, 0.15) is 0 Å². The predicted octanol–water partition coefficient (Wildman–Crippen LogP) is -0.278. The first kappa shape index (κ1) is 4.44. The summed E-state index contributed by atoms with van der Waals surface area (Å²) in [5, 5.41) is 0. The lowest BCUT2D eigenvalue weighted by atomic mass is 10.0. The smallest absolute Gasteiger partial charge is 0.274 e. The van der Waals surface area contributed by atoms with Gasteiger partial charge in [-0.1, -0.05) is 6.82 Å². The van der Waals surface area contributed by atoms with E-state index in [2.05, 4.69) is 4.90 Å². The van der Waals surface area contributed by atoms with Crippen molar-refractivity contribution >= 4 is 13.5 Å². The van der Waals surface area contributed by atoms with E-state index in [9.17, 15) is 0 Å². The van der Waals surface area contributed by atoms with E-state index >= 15 is 0 Å². The lowest BCUT2D eigenvalue weighted by molar-refractivity contribution is 0.566. The molecule has 0 heterocycles. The Morgan fingerprint density at radius 1 is 2.00 bits per heavy atom. The molecule has 0 aliphatic rings.